The molecule has 0 radical (unpaired) electrons. The van der Waals surface area contributed by atoms with Crippen molar-refractivity contribution in [2.24, 2.45) is 0 Å². The van der Waals surface area contributed by atoms with E-state index in [2.05, 4.69) is 27.0 Å². The predicted octanol–water partition coefficient (Wildman–Crippen LogP) is 4.46. The topological polar surface area (TPSA) is 65.4 Å². The van der Waals surface area contributed by atoms with Crippen LogP contribution in [0.2, 0.25) is 0 Å². The second-order valence-corrected chi connectivity index (χ2v) is 8.40. The number of anilines is 1. The second kappa shape index (κ2) is 8.10. The van der Waals surface area contributed by atoms with Crippen molar-refractivity contribution in [1.82, 2.24) is 9.55 Å². The number of amides is 1. The molecule has 1 aliphatic heterocycles. The summed E-state index contributed by atoms with van der Waals surface area (Å²) in [5.74, 6) is 2.54. The van der Waals surface area contributed by atoms with Crippen LogP contribution in [0.4, 0.5) is 5.69 Å². The van der Waals surface area contributed by atoms with E-state index in [1.807, 2.05) is 49.6 Å². The summed E-state index contributed by atoms with van der Waals surface area (Å²) < 4.78 is 13.5. The number of imidazole rings is 1. The van der Waals surface area contributed by atoms with Crippen molar-refractivity contribution in [3.8, 4) is 11.5 Å². The zero-order chi connectivity index (χ0) is 21.3. The lowest BCUT2D eigenvalue weighted by molar-refractivity contribution is -0.121. The van der Waals surface area contributed by atoms with Gasteiger partial charge in [0.15, 0.2) is 11.5 Å². The van der Waals surface area contributed by atoms with Gasteiger partial charge in [0, 0.05) is 24.6 Å². The first-order chi connectivity index (χ1) is 15.1. The molecule has 1 saturated carbocycles. The van der Waals surface area contributed by atoms with Crippen LogP contribution < -0.4 is 14.8 Å². The van der Waals surface area contributed by atoms with E-state index in [-0.39, 0.29) is 5.91 Å². The van der Waals surface area contributed by atoms with Crippen molar-refractivity contribution in [2.45, 2.75) is 44.6 Å². The number of rotatable bonds is 5. The van der Waals surface area contributed by atoms with Gasteiger partial charge in [0.05, 0.1) is 5.41 Å². The van der Waals surface area contributed by atoms with E-state index in [0.29, 0.717) is 13.2 Å². The lowest BCUT2D eigenvalue weighted by atomic mass is 9.77. The molecule has 0 saturated heterocycles. The average molecular weight is 418 g/mol. The van der Waals surface area contributed by atoms with Gasteiger partial charge in [-0.1, -0.05) is 31.0 Å². The number of carbonyl (C=O) groups is 1. The van der Waals surface area contributed by atoms with Crippen molar-refractivity contribution in [2.75, 3.05) is 18.5 Å². The smallest absolute Gasteiger partial charge is 0.235 e. The Balaban J connectivity index is 1.35. The third-order valence-electron chi connectivity index (χ3n) is 6.47. The maximum atomic E-state index is 13.5. The quantitative estimate of drug-likeness (QED) is 0.666. The van der Waals surface area contributed by atoms with Crippen molar-refractivity contribution < 1.29 is 14.3 Å². The number of nitrogens with one attached hydrogen (secondary N) is 1. The number of ether oxygens (including phenoxy) is 2. The van der Waals surface area contributed by atoms with Crippen LogP contribution in [-0.2, 0) is 16.8 Å². The Hall–Kier alpha value is -3.28. The number of aryl methyl sites for hydroxylation is 1. The summed E-state index contributed by atoms with van der Waals surface area (Å²) in [6.45, 7) is 3.86. The van der Waals surface area contributed by atoms with E-state index >= 15 is 0 Å². The maximum Gasteiger partial charge on any atom is 0.235 e. The minimum Gasteiger partial charge on any atom is -0.486 e. The molecule has 1 amide bonds. The number of nitrogens with zero attached hydrogens (tertiary/aromatic N) is 2. The molecule has 3 aromatic rings. The van der Waals surface area contributed by atoms with Gasteiger partial charge >= 0.3 is 0 Å². The molecule has 6 heteroatoms. The maximum absolute atomic E-state index is 13.5. The van der Waals surface area contributed by atoms with Crippen LogP contribution in [0.5, 0.6) is 11.5 Å². The highest BCUT2D eigenvalue weighted by Gasteiger charge is 2.43. The molecule has 0 atom stereocenters. The van der Waals surface area contributed by atoms with Crippen LogP contribution >= 0.6 is 0 Å². The molecule has 0 spiro atoms. The molecular weight excluding hydrogens is 390 g/mol. The van der Waals surface area contributed by atoms with Gasteiger partial charge in [-0.3, -0.25) is 4.79 Å². The van der Waals surface area contributed by atoms with Crippen molar-refractivity contribution >= 4 is 11.6 Å². The molecule has 2 aromatic carbocycles. The number of fused-ring (bicyclic) bond motifs is 1. The van der Waals surface area contributed by atoms with Gasteiger partial charge in [0.1, 0.15) is 19.0 Å². The number of hydrogen-bond acceptors (Lipinski definition) is 4. The second-order valence-electron chi connectivity index (χ2n) is 8.40. The highest BCUT2D eigenvalue weighted by atomic mass is 16.6. The van der Waals surface area contributed by atoms with Gasteiger partial charge in [-0.2, -0.15) is 0 Å². The predicted molar refractivity (Wildman–Crippen MR) is 119 cm³/mol. The Morgan fingerprint density at radius 2 is 1.81 bits per heavy atom. The third-order valence-corrected chi connectivity index (χ3v) is 6.47. The summed E-state index contributed by atoms with van der Waals surface area (Å²) in [4.78, 5) is 17.8. The van der Waals surface area contributed by atoms with Crippen LogP contribution in [0.15, 0.2) is 54.9 Å². The zero-order valence-corrected chi connectivity index (χ0v) is 17.8. The summed E-state index contributed by atoms with van der Waals surface area (Å²) in [7, 11) is 0. The zero-order valence-electron chi connectivity index (χ0n) is 17.8. The van der Waals surface area contributed by atoms with Crippen LogP contribution in [0.25, 0.3) is 0 Å². The molecule has 0 bridgehead atoms. The first kappa shape index (κ1) is 19.7. The summed E-state index contributed by atoms with van der Waals surface area (Å²) >= 11 is 0. The van der Waals surface area contributed by atoms with Crippen LogP contribution in [0.3, 0.4) is 0 Å². The molecule has 6 nitrogen and oxygen atoms in total. The fourth-order valence-electron chi connectivity index (χ4n) is 4.68. The van der Waals surface area contributed by atoms with E-state index < -0.39 is 5.41 Å². The van der Waals surface area contributed by atoms with Gasteiger partial charge in [0.25, 0.3) is 0 Å². The molecule has 5 rings (SSSR count). The molecule has 1 aromatic heterocycles. The van der Waals surface area contributed by atoms with Crippen LogP contribution in [0, 0.1) is 6.92 Å². The molecule has 1 aliphatic carbocycles. The summed E-state index contributed by atoms with van der Waals surface area (Å²) in [6, 6.07) is 14.0. The Bertz CT molecular complexity index is 1080. The fourth-order valence-corrected chi connectivity index (χ4v) is 4.68. The SMILES string of the molecule is Cc1nccn1Cc1ccc(NC(=O)C2(c3ccc4c(c3)OCCO4)CCCC2)cc1. The van der Waals surface area contributed by atoms with Crippen LogP contribution in [-0.4, -0.2) is 28.7 Å². The molecule has 1 N–H and O–H groups in total. The van der Waals surface area contributed by atoms with Crippen LogP contribution in [0.1, 0.15) is 42.6 Å². The normalized spacial score (nSPS) is 16.8. The summed E-state index contributed by atoms with van der Waals surface area (Å²) in [5, 5.41) is 3.17. The summed E-state index contributed by atoms with van der Waals surface area (Å²) in [6.07, 6.45) is 7.56. The standard InChI is InChI=1S/C25H27N3O3/c1-18-26-12-13-28(18)17-19-4-7-21(8-5-19)27-24(29)25(10-2-3-11-25)20-6-9-22-23(16-20)31-15-14-30-22/h4-9,12-13,16H,2-3,10-11,14-15,17H2,1H3,(H,27,29). The highest BCUT2D eigenvalue weighted by Crippen LogP contribution is 2.45. The van der Waals surface area contributed by atoms with E-state index in [9.17, 15) is 4.79 Å². The fraction of sp³-hybridized carbons (Fsp3) is 0.360. The number of benzene rings is 2. The monoisotopic (exact) mass is 417 g/mol. The Morgan fingerprint density at radius 1 is 1.06 bits per heavy atom. The van der Waals surface area contributed by atoms with E-state index in [0.717, 1.165) is 60.8 Å². The molecule has 2 aliphatic rings. The number of aromatic nitrogens is 2. The van der Waals surface area contributed by atoms with E-state index in [1.54, 1.807) is 0 Å². The van der Waals surface area contributed by atoms with Crippen molar-refractivity contribution in [1.29, 1.82) is 0 Å². The van der Waals surface area contributed by atoms with Gasteiger partial charge in [0.2, 0.25) is 5.91 Å². The van der Waals surface area contributed by atoms with E-state index in [1.165, 1.54) is 5.56 Å². The lowest BCUT2D eigenvalue weighted by Crippen LogP contribution is -2.38. The Kier molecular flexibility index (Phi) is 5.14. The largest absolute Gasteiger partial charge is 0.486 e. The molecule has 160 valence electrons. The highest BCUT2D eigenvalue weighted by molar-refractivity contribution is 5.99. The summed E-state index contributed by atoms with van der Waals surface area (Å²) in [5.41, 5.74) is 2.47. The van der Waals surface area contributed by atoms with Gasteiger partial charge in [-0.25, -0.2) is 4.98 Å². The molecule has 31 heavy (non-hydrogen) atoms. The van der Waals surface area contributed by atoms with E-state index in [4.69, 9.17) is 9.47 Å². The number of carbonyl (C=O) groups excluding carboxylic acids is 1. The third kappa shape index (κ3) is 3.78. The molecule has 1 fully saturated rings. The minimum absolute atomic E-state index is 0.0554. The van der Waals surface area contributed by atoms with Crippen molar-refractivity contribution in [3.05, 3.63) is 71.8 Å². The molecule has 0 unspecified atom stereocenters. The Labute approximate surface area is 182 Å². The number of hydrogen-bond donors (Lipinski definition) is 1. The lowest BCUT2D eigenvalue weighted by Gasteiger charge is -2.30. The average Bonchev–Trinajstić information content (AvgIpc) is 3.45. The Morgan fingerprint density at radius 3 is 2.52 bits per heavy atom. The first-order valence-corrected chi connectivity index (χ1v) is 10.9. The van der Waals surface area contributed by atoms with Gasteiger partial charge in [-0.15, -0.1) is 0 Å². The molecular formula is C25H27N3O3. The minimum atomic E-state index is -0.525. The van der Waals surface area contributed by atoms with Gasteiger partial charge < -0.3 is 19.4 Å². The van der Waals surface area contributed by atoms with Gasteiger partial charge in [-0.05, 0) is 55.2 Å². The first-order valence-electron chi connectivity index (χ1n) is 10.9. The molecule has 2 heterocycles. The van der Waals surface area contributed by atoms with Crippen molar-refractivity contribution in [3.63, 3.8) is 0 Å².